The van der Waals surface area contributed by atoms with Gasteiger partial charge in [0.2, 0.25) is 0 Å². The van der Waals surface area contributed by atoms with Crippen molar-refractivity contribution in [3.8, 4) is 16.9 Å². The molecule has 0 bridgehead atoms. The number of anilines is 1. The Balaban J connectivity index is 1.46. The summed E-state index contributed by atoms with van der Waals surface area (Å²) in [6.45, 7) is -0.0956. The van der Waals surface area contributed by atoms with Crippen molar-refractivity contribution < 1.29 is 9.53 Å². The lowest BCUT2D eigenvalue weighted by molar-refractivity contribution is -0.123. The van der Waals surface area contributed by atoms with Crippen LogP contribution in [0.1, 0.15) is 5.56 Å². The maximum atomic E-state index is 11.9. The second-order valence-electron chi connectivity index (χ2n) is 6.46. The highest BCUT2D eigenvalue weighted by molar-refractivity contribution is 5.83. The fourth-order valence-corrected chi connectivity index (χ4v) is 2.59. The van der Waals surface area contributed by atoms with E-state index >= 15 is 0 Å². The summed E-state index contributed by atoms with van der Waals surface area (Å²) in [4.78, 5) is 13.9. The Morgan fingerprint density at radius 1 is 0.929 bits per heavy atom. The molecule has 0 aromatic heterocycles. The highest BCUT2D eigenvalue weighted by Crippen LogP contribution is 2.21. The Kier molecular flexibility index (Phi) is 6.41. The van der Waals surface area contributed by atoms with E-state index in [9.17, 15) is 4.79 Å². The molecule has 1 amide bonds. The third-order valence-corrected chi connectivity index (χ3v) is 4.14. The van der Waals surface area contributed by atoms with Crippen molar-refractivity contribution in [2.75, 3.05) is 25.6 Å². The first-order valence-electron chi connectivity index (χ1n) is 8.99. The van der Waals surface area contributed by atoms with Crippen molar-refractivity contribution in [3.63, 3.8) is 0 Å². The normalized spacial score (nSPS) is 10.6. The number of benzene rings is 3. The van der Waals surface area contributed by atoms with Gasteiger partial charge in [0.25, 0.3) is 5.91 Å². The van der Waals surface area contributed by atoms with Crippen LogP contribution in [-0.4, -0.2) is 32.8 Å². The van der Waals surface area contributed by atoms with Gasteiger partial charge in [0, 0.05) is 19.8 Å². The van der Waals surface area contributed by atoms with Crippen molar-refractivity contribution in [2.45, 2.75) is 0 Å². The highest BCUT2D eigenvalue weighted by Gasteiger charge is 2.02. The van der Waals surface area contributed by atoms with E-state index in [-0.39, 0.29) is 12.5 Å². The molecule has 0 fully saturated rings. The smallest absolute Gasteiger partial charge is 0.277 e. The molecular weight excluding hydrogens is 350 g/mol. The number of nitrogens with one attached hydrogen (secondary N) is 1. The average Bonchev–Trinajstić information content (AvgIpc) is 2.73. The SMILES string of the molecule is CN(C)c1ccc(/C=N/NC(=O)COc2ccc(-c3ccccc3)cc2)cc1. The fourth-order valence-electron chi connectivity index (χ4n) is 2.59. The molecule has 3 aromatic rings. The van der Waals surface area contributed by atoms with E-state index in [1.807, 2.05) is 85.7 Å². The van der Waals surface area contributed by atoms with E-state index in [1.54, 1.807) is 6.21 Å². The fraction of sp³-hybridized carbons (Fsp3) is 0.130. The van der Waals surface area contributed by atoms with Gasteiger partial charge in [-0.15, -0.1) is 0 Å². The number of carbonyl (C=O) groups excluding carboxylic acids is 1. The van der Waals surface area contributed by atoms with Crippen molar-refractivity contribution in [1.29, 1.82) is 0 Å². The van der Waals surface area contributed by atoms with Crippen molar-refractivity contribution >= 4 is 17.8 Å². The van der Waals surface area contributed by atoms with E-state index in [0.717, 1.165) is 22.4 Å². The van der Waals surface area contributed by atoms with E-state index < -0.39 is 0 Å². The molecule has 3 aromatic carbocycles. The number of nitrogens with zero attached hydrogens (tertiary/aromatic N) is 2. The molecule has 0 atom stereocenters. The lowest BCUT2D eigenvalue weighted by Gasteiger charge is -2.11. The van der Waals surface area contributed by atoms with Crippen molar-refractivity contribution in [1.82, 2.24) is 5.43 Å². The van der Waals surface area contributed by atoms with Gasteiger partial charge in [0.15, 0.2) is 6.61 Å². The molecule has 1 N–H and O–H groups in total. The van der Waals surface area contributed by atoms with Crippen LogP contribution >= 0.6 is 0 Å². The van der Waals surface area contributed by atoms with Crippen molar-refractivity contribution in [3.05, 3.63) is 84.4 Å². The minimum atomic E-state index is -0.312. The van der Waals surface area contributed by atoms with Crippen LogP contribution in [0.2, 0.25) is 0 Å². The quantitative estimate of drug-likeness (QED) is 0.504. The van der Waals surface area contributed by atoms with Gasteiger partial charge < -0.3 is 9.64 Å². The third kappa shape index (κ3) is 5.45. The highest BCUT2D eigenvalue weighted by atomic mass is 16.5. The Morgan fingerprint density at radius 3 is 2.21 bits per heavy atom. The Hall–Kier alpha value is -3.60. The first-order valence-corrected chi connectivity index (χ1v) is 8.99. The van der Waals surface area contributed by atoms with E-state index in [1.165, 1.54) is 0 Å². The molecule has 0 saturated heterocycles. The number of amides is 1. The van der Waals surface area contributed by atoms with Gasteiger partial charge in [0.1, 0.15) is 5.75 Å². The van der Waals surface area contributed by atoms with Crippen LogP contribution in [0, 0.1) is 0 Å². The number of hydrazone groups is 1. The predicted molar refractivity (Wildman–Crippen MR) is 114 cm³/mol. The standard InChI is InChI=1S/C23H23N3O2/c1-26(2)21-12-8-18(9-13-21)16-24-25-23(27)17-28-22-14-10-20(11-15-22)19-6-4-3-5-7-19/h3-16H,17H2,1-2H3,(H,25,27)/b24-16+. The molecule has 142 valence electrons. The lowest BCUT2D eigenvalue weighted by atomic mass is 10.1. The van der Waals surface area contributed by atoms with Crippen molar-refractivity contribution in [2.24, 2.45) is 5.10 Å². The van der Waals surface area contributed by atoms with Gasteiger partial charge in [0.05, 0.1) is 6.21 Å². The van der Waals surface area contributed by atoms with Crippen LogP contribution in [0.4, 0.5) is 5.69 Å². The molecule has 5 nitrogen and oxygen atoms in total. The molecule has 0 spiro atoms. The summed E-state index contributed by atoms with van der Waals surface area (Å²) in [5, 5.41) is 3.96. The van der Waals surface area contributed by atoms with Crippen LogP contribution in [-0.2, 0) is 4.79 Å². The number of rotatable bonds is 7. The lowest BCUT2D eigenvalue weighted by Crippen LogP contribution is -2.24. The summed E-state index contributed by atoms with van der Waals surface area (Å²) in [6, 6.07) is 25.6. The van der Waals surface area contributed by atoms with Crippen LogP contribution < -0.4 is 15.1 Å². The third-order valence-electron chi connectivity index (χ3n) is 4.14. The average molecular weight is 373 g/mol. The summed E-state index contributed by atoms with van der Waals surface area (Å²) in [5.74, 6) is 0.325. The summed E-state index contributed by atoms with van der Waals surface area (Å²) < 4.78 is 5.51. The molecule has 28 heavy (non-hydrogen) atoms. The number of hydrogen-bond acceptors (Lipinski definition) is 4. The van der Waals surface area contributed by atoms with Gasteiger partial charge in [-0.3, -0.25) is 4.79 Å². The van der Waals surface area contributed by atoms with Crippen LogP contribution in [0.3, 0.4) is 0 Å². The maximum Gasteiger partial charge on any atom is 0.277 e. The summed E-state index contributed by atoms with van der Waals surface area (Å²) in [6.07, 6.45) is 1.60. The first-order chi connectivity index (χ1) is 13.6. The molecule has 0 saturated carbocycles. The topological polar surface area (TPSA) is 53.9 Å². The second-order valence-corrected chi connectivity index (χ2v) is 6.46. The molecule has 0 unspecified atom stereocenters. The Morgan fingerprint density at radius 2 is 1.57 bits per heavy atom. The van der Waals surface area contributed by atoms with Gasteiger partial charge in [-0.25, -0.2) is 5.43 Å². The summed E-state index contributed by atoms with van der Waals surface area (Å²) >= 11 is 0. The molecular formula is C23H23N3O2. The zero-order chi connectivity index (χ0) is 19.8. The molecule has 0 aliphatic heterocycles. The minimum absolute atomic E-state index is 0.0956. The monoisotopic (exact) mass is 373 g/mol. The molecule has 5 heteroatoms. The summed E-state index contributed by atoms with van der Waals surface area (Å²) in [5.41, 5.74) is 6.72. The minimum Gasteiger partial charge on any atom is -0.484 e. The molecule has 3 rings (SSSR count). The zero-order valence-corrected chi connectivity index (χ0v) is 16.0. The second kappa shape index (κ2) is 9.37. The van der Waals surface area contributed by atoms with Gasteiger partial charge in [-0.1, -0.05) is 54.6 Å². The molecule has 0 heterocycles. The van der Waals surface area contributed by atoms with E-state index in [2.05, 4.69) is 22.7 Å². The maximum absolute atomic E-state index is 11.9. The zero-order valence-electron chi connectivity index (χ0n) is 16.0. The Bertz CT molecular complexity index is 918. The van der Waals surface area contributed by atoms with Gasteiger partial charge >= 0.3 is 0 Å². The van der Waals surface area contributed by atoms with E-state index in [0.29, 0.717) is 5.75 Å². The number of ether oxygens (including phenoxy) is 1. The van der Waals surface area contributed by atoms with Gasteiger partial charge in [-0.05, 0) is 41.0 Å². The van der Waals surface area contributed by atoms with Crippen LogP contribution in [0.25, 0.3) is 11.1 Å². The molecule has 0 aliphatic carbocycles. The number of hydrogen-bond donors (Lipinski definition) is 1. The predicted octanol–water partition coefficient (Wildman–Crippen LogP) is 3.95. The molecule has 0 aliphatic rings. The Labute approximate surface area is 165 Å². The van der Waals surface area contributed by atoms with Crippen LogP contribution in [0.5, 0.6) is 5.75 Å². The number of carbonyl (C=O) groups is 1. The largest absolute Gasteiger partial charge is 0.484 e. The van der Waals surface area contributed by atoms with Crippen LogP contribution in [0.15, 0.2) is 84.0 Å². The first kappa shape index (κ1) is 19.2. The summed E-state index contributed by atoms with van der Waals surface area (Å²) in [7, 11) is 3.97. The van der Waals surface area contributed by atoms with Gasteiger partial charge in [-0.2, -0.15) is 5.10 Å². The van der Waals surface area contributed by atoms with E-state index in [4.69, 9.17) is 4.74 Å². The molecule has 0 radical (unpaired) electrons.